The summed E-state index contributed by atoms with van der Waals surface area (Å²) in [5, 5.41) is 0. The minimum absolute atomic E-state index is 0.259. The molecule has 1 aromatic heterocycles. The van der Waals surface area contributed by atoms with Gasteiger partial charge in [0.15, 0.2) is 0 Å². The van der Waals surface area contributed by atoms with Gasteiger partial charge in [-0.15, -0.1) is 0 Å². The van der Waals surface area contributed by atoms with Gasteiger partial charge in [-0.3, -0.25) is 14.7 Å². The third-order valence-corrected chi connectivity index (χ3v) is 4.59. The van der Waals surface area contributed by atoms with Crippen LogP contribution in [-0.2, 0) is 16.8 Å². The fourth-order valence-electron chi connectivity index (χ4n) is 3.21. The van der Waals surface area contributed by atoms with Crippen LogP contribution >= 0.6 is 0 Å². The van der Waals surface area contributed by atoms with Gasteiger partial charge >= 0.3 is 0 Å². The highest BCUT2D eigenvalue weighted by atomic mass is 16.1. The number of aromatic nitrogens is 1. The van der Waals surface area contributed by atoms with Gasteiger partial charge < -0.3 is 5.73 Å². The second-order valence-corrected chi connectivity index (χ2v) is 5.92. The van der Waals surface area contributed by atoms with Crippen molar-refractivity contribution in [1.82, 2.24) is 9.88 Å². The number of rotatable bonds is 4. The summed E-state index contributed by atoms with van der Waals surface area (Å²) in [6.07, 6.45) is 3.19. The third kappa shape index (κ3) is 2.88. The van der Waals surface area contributed by atoms with E-state index in [0.717, 1.165) is 38.2 Å². The Kier molecular flexibility index (Phi) is 4.20. The number of amides is 1. The molecule has 2 aromatic rings. The summed E-state index contributed by atoms with van der Waals surface area (Å²) in [5.74, 6) is -0.259. The standard InChI is InChI=1S/C18H21N3O/c19-17(22)18(16-8-4-5-11-20-16)9-12-21(13-10-18)14-15-6-2-1-3-7-15/h1-8,11H,9-10,12-14H2,(H2,19,22). The van der Waals surface area contributed by atoms with E-state index in [-0.39, 0.29) is 5.91 Å². The summed E-state index contributed by atoms with van der Waals surface area (Å²) in [5.41, 5.74) is 7.22. The molecule has 1 saturated heterocycles. The molecule has 0 bridgehead atoms. The SMILES string of the molecule is NC(=O)C1(c2ccccn2)CCN(Cc2ccccc2)CC1. The van der Waals surface area contributed by atoms with Crippen LogP contribution in [0.25, 0.3) is 0 Å². The summed E-state index contributed by atoms with van der Waals surface area (Å²) < 4.78 is 0. The summed E-state index contributed by atoms with van der Waals surface area (Å²) in [6.45, 7) is 2.63. The van der Waals surface area contributed by atoms with Gasteiger partial charge in [0.05, 0.1) is 11.1 Å². The number of nitrogens with two attached hydrogens (primary N) is 1. The van der Waals surface area contributed by atoms with Gasteiger partial charge in [-0.25, -0.2) is 0 Å². The maximum atomic E-state index is 12.1. The van der Waals surface area contributed by atoms with Crippen molar-refractivity contribution in [2.45, 2.75) is 24.8 Å². The maximum absolute atomic E-state index is 12.1. The van der Waals surface area contributed by atoms with Crippen molar-refractivity contribution < 1.29 is 4.79 Å². The second-order valence-electron chi connectivity index (χ2n) is 5.92. The Morgan fingerprint density at radius 3 is 2.36 bits per heavy atom. The molecule has 0 atom stereocenters. The normalized spacial score (nSPS) is 18.0. The topological polar surface area (TPSA) is 59.2 Å². The van der Waals surface area contributed by atoms with Gasteiger partial charge in [0, 0.05) is 12.7 Å². The number of carbonyl (C=O) groups is 1. The summed E-state index contributed by atoms with van der Waals surface area (Å²) in [4.78, 5) is 18.9. The lowest BCUT2D eigenvalue weighted by Crippen LogP contribution is -2.50. The quantitative estimate of drug-likeness (QED) is 0.939. The molecule has 22 heavy (non-hydrogen) atoms. The molecular formula is C18H21N3O. The lowest BCUT2D eigenvalue weighted by molar-refractivity contribution is -0.125. The van der Waals surface area contributed by atoms with E-state index >= 15 is 0 Å². The largest absolute Gasteiger partial charge is 0.369 e. The van der Waals surface area contributed by atoms with Crippen LogP contribution < -0.4 is 5.73 Å². The smallest absolute Gasteiger partial charge is 0.229 e. The van der Waals surface area contributed by atoms with Crippen molar-refractivity contribution >= 4 is 5.91 Å². The van der Waals surface area contributed by atoms with Gasteiger partial charge in [0.2, 0.25) is 5.91 Å². The molecule has 0 aliphatic carbocycles. The second kappa shape index (κ2) is 6.28. The average molecular weight is 295 g/mol. The zero-order valence-electron chi connectivity index (χ0n) is 12.6. The van der Waals surface area contributed by atoms with E-state index in [1.165, 1.54) is 5.56 Å². The van der Waals surface area contributed by atoms with Gasteiger partial charge in [0.1, 0.15) is 0 Å². The van der Waals surface area contributed by atoms with Gasteiger partial charge in [-0.05, 0) is 43.6 Å². The number of hydrogen-bond donors (Lipinski definition) is 1. The molecule has 1 aliphatic heterocycles. The van der Waals surface area contributed by atoms with Gasteiger partial charge in [0.25, 0.3) is 0 Å². The van der Waals surface area contributed by atoms with Crippen LogP contribution in [0.5, 0.6) is 0 Å². The van der Waals surface area contributed by atoms with Gasteiger partial charge in [-0.2, -0.15) is 0 Å². The van der Waals surface area contributed by atoms with Crippen LogP contribution in [0.15, 0.2) is 54.7 Å². The lowest BCUT2D eigenvalue weighted by atomic mass is 9.74. The van der Waals surface area contributed by atoms with E-state index in [2.05, 4.69) is 34.1 Å². The first-order valence-electron chi connectivity index (χ1n) is 7.68. The number of carbonyl (C=O) groups excluding carboxylic acids is 1. The highest BCUT2D eigenvalue weighted by Crippen LogP contribution is 2.34. The van der Waals surface area contributed by atoms with Crippen molar-refractivity contribution in [3.8, 4) is 0 Å². The summed E-state index contributed by atoms with van der Waals surface area (Å²) in [7, 11) is 0. The summed E-state index contributed by atoms with van der Waals surface area (Å²) in [6, 6.07) is 16.1. The average Bonchev–Trinajstić information content (AvgIpc) is 2.57. The Labute approximate surface area is 131 Å². The molecule has 0 spiro atoms. The molecule has 3 rings (SSSR count). The Morgan fingerprint density at radius 2 is 1.77 bits per heavy atom. The van der Waals surface area contributed by atoms with E-state index < -0.39 is 5.41 Å². The molecule has 1 aromatic carbocycles. The number of benzene rings is 1. The van der Waals surface area contributed by atoms with Crippen molar-refractivity contribution in [2.24, 2.45) is 5.73 Å². The molecule has 2 heterocycles. The fraction of sp³-hybridized carbons (Fsp3) is 0.333. The number of likely N-dealkylation sites (tertiary alicyclic amines) is 1. The Morgan fingerprint density at radius 1 is 1.09 bits per heavy atom. The number of primary amides is 1. The molecule has 0 radical (unpaired) electrons. The van der Waals surface area contributed by atoms with Crippen molar-refractivity contribution in [2.75, 3.05) is 13.1 Å². The van der Waals surface area contributed by atoms with Gasteiger partial charge in [-0.1, -0.05) is 36.4 Å². The van der Waals surface area contributed by atoms with E-state index in [1.54, 1.807) is 6.20 Å². The number of hydrogen-bond acceptors (Lipinski definition) is 3. The summed E-state index contributed by atoms with van der Waals surface area (Å²) >= 11 is 0. The Hall–Kier alpha value is -2.20. The molecular weight excluding hydrogens is 274 g/mol. The molecule has 1 fully saturated rings. The van der Waals surface area contributed by atoms with Crippen LogP contribution in [0.2, 0.25) is 0 Å². The predicted molar refractivity (Wildman–Crippen MR) is 86.1 cm³/mol. The first-order chi connectivity index (χ1) is 10.7. The zero-order chi connectivity index (χ0) is 15.4. The number of nitrogens with zero attached hydrogens (tertiary/aromatic N) is 2. The first kappa shape index (κ1) is 14.7. The number of pyridine rings is 1. The molecule has 4 nitrogen and oxygen atoms in total. The van der Waals surface area contributed by atoms with Crippen molar-refractivity contribution in [3.05, 3.63) is 66.0 Å². The van der Waals surface area contributed by atoms with E-state index in [4.69, 9.17) is 5.73 Å². The molecule has 2 N–H and O–H groups in total. The highest BCUT2D eigenvalue weighted by molar-refractivity contribution is 5.86. The van der Waals surface area contributed by atoms with E-state index in [1.807, 2.05) is 24.3 Å². The minimum Gasteiger partial charge on any atom is -0.369 e. The van der Waals surface area contributed by atoms with Crippen LogP contribution in [0.4, 0.5) is 0 Å². The minimum atomic E-state index is -0.617. The fourth-order valence-corrected chi connectivity index (χ4v) is 3.21. The predicted octanol–water partition coefficient (Wildman–Crippen LogP) is 2.10. The van der Waals surface area contributed by atoms with Crippen molar-refractivity contribution in [3.63, 3.8) is 0 Å². The molecule has 1 amide bonds. The molecule has 4 heteroatoms. The van der Waals surface area contributed by atoms with Crippen LogP contribution in [0.1, 0.15) is 24.1 Å². The molecule has 0 saturated carbocycles. The Bertz CT molecular complexity index is 619. The molecule has 1 aliphatic rings. The highest BCUT2D eigenvalue weighted by Gasteiger charge is 2.42. The monoisotopic (exact) mass is 295 g/mol. The van der Waals surface area contributed by atoms with E-state index in [9.17, 15) is 4.79 Å². The lowest BCUT2D eigenvalue weighted by Gasteiger charge is -2.39. The third-order valence-electron chi connectivity index (χ3n) is 4.59. The molecule has 114 valence electrons. The number of piperidine rings is 1. The van der Waals surface area contributed by atoms with Crippen LogP contribution in [0.3, 0.4) is 0 Å². The maximum Gasteiger partial charge on any atom is 0.229 e. The van der Waals surface area contributed by atoms with Crippen molar-refractivity contribution in [1.29, 1.82) is 0 Å². The van der Waals surface area contributed by atoms with E-state index in [0.29, 0.717) is 0 Å². The first-order valence-corrected chi connectivity index (χ1v) is 7.68. The zero-order valence-corrected chi connectivity index (χ0v) is 12.6. The Balaban J connectivity index is 1.72. The van der Waals surface area contributed by atoms with Crippen LogP contribution in [-0.4, -0.2) is 28.9 Å². The van der Waals surface area contributed by atoms with Crippen LogP contribution in [0, 0.1) is 0 Å². The molecule has 0 unspecified atom stereocenters.